The van der Waals surface area contributed by atoms with Gasteiger partial charge in [0.1, 0.15) is 25.5 Å². The summed E-state index contributed by atoms with van der Waals surface area (Å²) in [6.07, 6.45) is 0. The molecule has 0 saturated heterocycles. The molecule has 0 atom stereocenters. The zero-order valence-corrected chi connectivity index (χ0v) is 15.0. The summed E-state index contributed by atoms with van der Waals surface area (Å²) in [5.41, 5.74) is 1.40. The number of nitrogens with one attached hydrogen (secondary N) is 1. The lowest BCUT2D eigenvalue weighted by molar-refractivity contribution is -0.142. The molecule has 2 aromatic rings. The highest BCUT2D eigenvalue weighted by molar-refractivity contribution is 7.89. The fourth-order valence-electron chi connectivity index (χ4n) is 2.02. The summed E-state index contributed by atoms with van der Waals surface area (Å²) in [4.78, 5) is 11.6. The van der Waals surface area contributed by atoms with Crippen LogP contribution in [0.3, 0.4) is 0 Å². The molecule has 0 aliphatic heterocycles. The van der Waals surface area contributed by atoms with Crippen LogP contribution in [0.25, 0.3) is 0 Å². The van der Waals surface area contributed by atoms with Crippen LogP contribution < -0.4 is 9.46 Å². The zero-order chi connectivity index (χ0) is 19.0. The number of nitrogens with zero attached hydrogens (tertiary/aromatic N) is 1. The third-order valence-electron chi connectivity index (χ3n) is 3.30. The molecule has 0 unspecified atom stereocenters. The minimum Gasteiger partial charge on any atom is -0.490 e. The number of benzene rings is 2. The van der Waals surface area contributed by atoms with E-state index in [0.29, 0.717) is 11.3 Å². The summed E-state index contributed by atoms with van der Waals surface area (Å²) in [7, 11) is -3.85. The largest absolute Gasteiger partial charge is 0.490 e. The highest BCUT2D eigenvalue weighted by Gasteiger charge is 2.16. The zero-order valence-electron chi connectivity index (χ0n) is 14.1. The van der Waals surface area contributed by atoms with Crippen LogP contribution in [0.1, 0.15) is 11.1 Å². The van der Waals surface area contributed by atoms with Crippen molar-refractivity contribution in [1.82, 2.24) is 4.72 Å². The normalized spacial score (nSPS) is 10.8. The third-order valence-corrected chi connectivity index (χ3v) is 4.72. The number of esters is 1. The summed E-state index contributed by atoms with van der Waals surface area (Å²) in [5.74, 6) is -0.0439. The quantitative estimate of drug-likeness (QED) is 0.558. The molecule has 0 bridgehead atoms. The van der Waals surface area contributed by atoms with Crippen LogP contribution in [0.4, 0.5) is 0 Å². The molecule has 0 spiro atoms. The van der Waals surface area contributed by atoms with Gasteiger partial charge in [-0.1, -0.05) is 12.1 Å². The first-order valence-electron chi connectivity index (χ1n) is 7.75. The van der Waals surface area contributed by atoms with Crippen molar-refractivity contribution in [2.45, 2.75) is 11.8 Å². The van der Waals surface area contributed by atoms with Crippen molar-refractivity contribution in [2.24, 2.45) is 0 Å². The number of hydrogen-bond acceptors (Lipinski definition) is 6. The van der Waals surface area contributed by atoms with Gasteiger partial charge < -0.3 is 9.47 Å². The molecule has 136 valence electrons. The molecule has 2 aromatic carbocycles. The van der Waals surface area contributed by atoms with E-state index >= 15 is 0 Å². The highest BCUT2D eigenvalue weighted by Crippen LogP contribution is 2.12. The van der Waals surface area contributed by atoms with E-state index in [4.69, 9.17) is 14.7 Å². The van der Waals surface area contributed by atoms with Crippen molar-refractivity contribution in [3.8, 4) is 11.8 Å². The Hall–Kier alpha value is -2.89. The van der Waals surface area contributed by atoms with E-state index in [1.807, 2.05) is 31.2 Å². The van der Waals surface area contributed by atoms with E-state index in [-0.39, 0.29) is 18.1 Å². The molecular formula is C18H18N2O5S. The standard InChI is InChI=1S/C18H18N2O5S/c1-14-3-2-4-16(11-14)24-9-10-25-18(21)13-20-26(22,23)17-7-5-15(12-19)6-8-17/h2-8,11,20H,9-10,13H2,1H3. The highest BCUT2D eigenvalue weighted by atomic mass is 32.2. The molecule has 0 radical (unpaired) electrons. The van der Waals surface area contributed by atoms with Gasteiger partial charge in [-0.25, -0.2) is 8.42 Å². The number of hydrogen-bond donors (Lipinski definition) is 1. The van der Waals surface area contributed by atoms with Crippen molar-refractivity contribution in [1.29, 1.82) is 5.26 Å². The maximum Gasteiger partial charge on any atom is 0.321 e. The first-order valence-corrected chi connectivity index (χ1v) is 9.24. The summed E-state index contributed by atoms with van der Waals surface area (Å²) in [6.45, 7) is 1.61. The Morgan fingerprint density at radius 3 is 2.54 bits per heavy atom. The van der Waals surface area contributed by atoms with Crippen molar-refractivity contribution in [3.63, 3.8) is 0 Å². The van der Waals surface area contributed by atoms with Gasteiger partial charge in [-0.3, -0.25) is 4.79 Å². The van der Waals surface area contributed by atoms with Crippen LogP contribution in [0, 0.1) is 18.3 Å². The van der Waals surface area contributed by atoms with Crippen LogP contribution in [0.5, 0.6) is 5.75 Å². The number of carbonyl (C=O) groups excluding carboxylic acids is 1. The maximum atomic E-state index is 12.1. The second-order valence-corrected chi connectivity index (χ2v) is 7.11. The summed E-state index contributed by atoms with van der Waals surface area (Å²) >= 11 is 0. The fourth-order valence-corrected chi connectivity index (χ4v) is 2.99. The Bertz CT molecular complexity index is 902. The molecule has 1 N–H and O–H groups in total. The van der Waals surface area contributed by atoms with Gasteiger partial charge >= 0.3 is 5.97 Å². The SMILES string of the molecule is Cc1cccc(OCCOC(=O)CNS(=O)(=O)c2ccc(C#N)cc2)c1. The number of carbonyl (C=O) groups is 1. The van der Waals surface area contributed by atoms with E-state index in [1.165, 1.54) is 24.3 Å². The smallest absolute Gasteiger partial charge is 0.321 e. The predicted octanol–water partition coefficient (Wildman–Crippen LogP) is 1.77. The molecule has 8 heteroatoms. The summed E-state index contributed by atoms with van der Waals surface area (Å²) < 4.78 is 36.6. The van der Waals surface area contributed by atoms with Gasteiger partial charge in [0.25, 0.3) is 0 Å². The molecule has 0 aliphatic carbocycles. The Kier molecular flexibility index (Phi) is 6.72. The minimum atomic E-state index is -3.85. The van der Waals surface area contributed by atoms with Crippen molar-refractivity contribution in [2.75, 3.05) is 19.8 Å². The predicted molar refractivity (Wildman–Crippen MR) is 94.0 cm³/mol. The van der Waals surface area contributed by atoms with Crippen molar-refractivity contribution < 1.29 is 22.7 Å². The Morgan fingerprint density at radius 2 is 1.88 bits per heavy atom. The lowest BCUT2D eigenvalue weighted by Crippen LogP contribution is -2.31. The van der Waals surface area contributed by atoms with Gasteiger partial charge in [0.15, 0.2) is 0 Å². The molecule has 7 nitrogen and oxygen atoms in total. The first kappa shape index (κ1) is 19.4. The Labute approximate surface area is 152 Å². The molecule has 0 amide bonds. The molecular weight excluding hydrogens is 356 g/mol. The first-order chi connectivity index (χ1) is 12.4. The fraction of sp³-hybridized carbons (Fsp3) is 0.222. The second kappa shape index (κ2) is 8.99. The topological polar surface area (TPSA) is 105 Å². The summed E-state index contributed by atoms with van der Waals surface area (Å²) in [6, 6.07) is 14.7. The monoisotopic (exact) mass is 374 g/mol. The van der Waals surface area contributed by atoms with Gasteiger partial charge in [-0.2, -0.15) is 9.98 Å². The Morgan fingerprint density at radius 1 is 1.15 bits per heavy atom. The van der Waals surface area contributed by atoms with E-state index in [1.54, 1.807) is 6.07 Å². The number of ether oxygens (including phenoxy) is 2. The van der Waals surface area contributed by atoms with Crippen LogP contribution in [-0.2, 0) is 19.6 Å². The number of sulfonamides is 1. The molecule has 2 rings (SSSR count). The molecule has 26 heavy (non-hydrogen) atoms. The average Bonchev–Trinajstić information content (AvgIpc) is 2.64. The lowest BCUT2D eigenvalue weighted by atomic mass is 10.2. The van der Waals surface area contributed by atoms with Gasteiger partial charge in [0.2, 0.25) is 10.0 Å². The van der Waals surface area contributed by atoms with Gasteiger partial charge in [-0.15, -0.1) is 0 Å². The van der Waals surface area contributed by atoms with E-state index in [0.717, 1.165) is 5.56 Å². The van der Waals surface area contributed by atoms with Gasteiger partial charge in [0, 0.05) is 0 Å². The molecule has 0 aliphatic rings. The van der Waals surface area contributed by atoms with Crippen molar-refractivity contribution >= 4 is 16.0 Å². The van der Waals surface area contributed by atoms with Gasteiger partial charge in [0.05, 0.1) is 16.5 Å². The lowest BCUT2D eigenvalue weighted by Gasteiger charge is -2.09. The molecule has 0 aromatic heterocycles. The maximum absolute atomic E-state index is 12.1. The number of aryl methyl sites for hydroxylation is 1. The number of rotatable bonds is 8. The van der Waals surface area contributed by atoms with Crippen LogP contribution >= 0.6 is 0 Å². The van der Waals surface area contributed by atoms with Crippen LogP contribution in [-0.4, -0.2) is 34.1 Å². The van der Waals surface area contributed by atoms with E-state index < -0.39 is 22.5 Å². The summed E-state index contributed by atoms with van der Waals surface area (Å²) in [5, 5.41) is 8.71. The molecule has 0 saturated carbocycles. The Balaban J connectivity index is 1.74. The van der Waals surface area contributed by atoms with Gasteiger partial charge in [-0.05, 0) is 48.9 Å². The minimum absolute atomic E-state index is 0.00533. The van der Waals surface area contributed by atoms with Crippen molar-refractivity contribution in [3.05, 3.63) is 59.7 Å². The third kappa shape index (κ3) is 5.88. The van der Waals surface area contributed by atoms with E-state index in [9.17, 15) is 13.2 Å². The van der Waals surface area contributed by atoms with Crippen LogP contribution in [0.15, 0.2) is 53.4 Å². The second-order valence-electron chi connectivity index (χ2n) is 5.35. The number of nitriles is 1. The molecule has 0 fully saturated rings. The molecule has 0 heterocycles. The van der Waals surface area contributed by atoms with E-state index in [2.05, 4.69) is 4.72 Å². The van der Waals surface area contributed by atoms with Crippen LogP contribution in [0.2, 0.25) is 0 Å². The average molecular weight is 374 g/mol.